The van der Waals surface area contributed by atoms with E-state index in [2.05, 4.69) is 33.3 Å². The Labute approximate surface area is 171 Å². The van der Waals surface area contributed by atoms with Crippen LogP contribution in [-0.4, -0.2) is 55.3 Å². The van der Waals surface area contributed by atoms with Gasteiger partial charge < -0.3 is 15.1 Å². The van der Waals surface area contributed by atoms with Crippen LogP contribution >= 0.6 is 11.8 Å². The molecule has 0 aromatic heterocycles. The molecule has 5 rings (SSSR count). The Morgan fingerprint density at radius 2 is 2.00 bits per heavy atom. The molecule has 4 nitrogen and oxygen atoms in total. The molecule has 3 aliphatic rings. The highest BCUT2D eigenvalue weighted by Gasteiger charge is 2.43. The van der Waals surface area contributed by atoms with Crippen molar-refractivity contribution in [1.29, 1.82) is 0 Å². The van der Waals surface area contributed by atoms with Crippen molar-refractivity contribution in [3.63, 3.8) is 0 Å². The number of piperidine rings is 1. The summed E-state index contributed by atoms with van der Waals surface area (Å²) in [5, 5.41) is 3.08. The lowest BCUT2D eigenvalue weighted by Crippen LogP contribution is -2.48. The zero-order valence-corrected chi connectivity index (χ0v) is 17.0. The molecule has 1 N–H and O–H groups in total. The third-order valence-electron chi connectivity index (χ3n) is 6.33. The van der Waals surface area contributed by atoms with Crippen molar-refractivity contribution in [1.82, 2.24) is 10.2 Å². The number of thioether (sulfide) groups is 1. The largest absolute Gasteiger partial charge is 0.367 e. The molecule has 0 unspecified atom stereocenters. The summed E-state index contributed by atoms with van der Waals surface area (Å²) in [6.07, 6.45) is 2.49. The maximum Gasteiger partial charge on any atom is 0.251 e. The quantitative estimate of drug-likeness (QED) is 0.861. The van der Waals surface area contributed by atoms with Gasteiger partial charge in [0.15, 0.2) is 0 Å². The van der Waals surface area contributed by atoms with Gasteiger partial charge in [-0.1, -0.05) is 30.3 Å². The van der Waals surface area contributed by atoms with Gasteiger partial charge in [0, 0.05) is 55.1 Å². The van der Waals surface area contributed by atoms with E-state index in [1.54, 1.807) is 5.56 Å². The highest BCUT2D eigenvalue weighted by atomic mass is 32.2. The molecule has 3 heterocycles. The number of anilines is 1. The van der Waals surface area contributed by atoms with Crippen molar-refractivity contribution >= 4 is 23.4 Å². The first-order valence-electron chi connectivity index (χ1n) is 10.4. The van der Waals surface area contributed by atoms with E-state index in [1.807, 2.05) is 42.1 Å². The van der Waals surface area contributed by atoms with Gasteiger partial charge >= 0.3 is 0 Å². The van der Waals surface area contributed by atoms with E-state index >= 15 is 0 Å². The number of para-hydroxylation sites is 1. The minimum absolute atomic E-state index is 0.0247. The lowest BCUT2D eigenvalue weighted by molar-refractivity contribution is 0.0944. The highest BCUT2D eigenvalue weighted by Crippen LogP contribution is 2.50. The lowest BCUT2D eigenvalue weighted by Gasteiger charge is -2.39. The van der Waals surface area contributed by atoms with Crippen LogP contribution < -0.4 is 10.2 Å². The van der Waals surface area contributed by atoms with Crippen LogP contribution in [0.25, 0.3) is 0 Å². The van der Waals surface area contributed by atoms with Crippen molar-refractivity contribution < 1.29 is 4.79 Å². The first-order chi connectivity index (χ1) is 13.8. The molecule has 1 amide bonds. The van der Waals surface area contributed by atoms with Gasteiger partial charge in [0.05, 0.1) is 5.69 Å². The fourth-order valence-electron chi connectivity index (χ4n) is 5.03. The number of hydrogen-bond acceptors (Lipinski definition) is 4. The highest BCUT2D eigenvalue weighted by molar-refractivity contribution is 7.99. The fraction of sp³-hybridized carbons (Fsp3) is 0.435. The molecular weight excluding hydrogens is 366 g/mol. The molecule has 0 bridgehead atoms. The average molecular weight is 394 g/mol. The Hall–Kier alpha value is -1.98. The molecule has 5 heteroatoms. The van der Waals surface area contributed by atoms with Gasteiger partial charge in [0.2, 0.25) is 0 Å². The SMILES string of the molecule is O=C(NCCN1CC[C@@H]2[C@H](C1)c1cccc3c1N2CCCS3)c1ccccc1. The molecule has 28 heavy (non-hydrogen) atoms. The third kappa shape index (κ3) is 3.31. The monoisotopic (exact) mass is 393 g/mol. The number of rotatable bonds is 4. The minimum Gasteiger partial charge on any atom is -0.367 e. The minimum atomic E-state index is 0.0247. The van der Waals surface area contributed by atoms with Crippen molar-refractivity contribution in [3.8, 4) is 0 Å². The lowest BCUT2D eigenvalue weighted by atomic mass is 9.89. The summed E-state index contributed by atoms with van der Waals surface area (Å²) < 4.78 is 0. The van der Waals surface area contributed by atoms with Gasteiger partial charge in [-0.2, -0.15) is 0 Å². The number of likely N-dealkylation sites (tertiary alicyclic amines) is 1. The molecular formula is C23H27N3OS. The van der Waals surface area contributed by atoms with Gasteiger partial charge in [0.25, 0.3) is 5.91 Å². The predicted molar refractivity (Wildman–Crippen MR) is 115 cm³/mol. The number of amides is 1. The number of carbonyl (C=O) groups excluding carboxylic acids is 1. The van der Waals surface area contributed by atoms with Crippen molar-refractivity contribution in [2.45, 2.75) is 29.7 Å². The molecule has 1 fully saturated rings. The number of benzene rings is 2. The summed E-state index contributed by atoms with van der Waals surface area (Å²) >= 11 is 2.03. The molecule has 2 aromatic rings. The summed E-state index contributed by atoms with van der Waals surface area (Å²) in [6, 6.07) is 17.0. The van der Waals surface area contributed by atoms with E-state index in [4.69, 9.17) is 0 Å². The zero-order valence-electron chi connectivity index (χ0n) is 16.1. The van der Waals surface area contributed by atoms with Gasteiger partial charge in [-0.05, 0) is 42.4 Å². The van der Waals surface area contributed by atoms with Gasteiger partial charge in [0.1, 0.15) is 0 Å². The summed E-state index contributed by atoms with van der Waals surface area (Å²) in [6.45, 7) is 5.05. The number of carbonyl (C=O) groups is 1. The summed E-state index contributed by atoms with van der Waals surface area (Å²) in [4.78, 5) is 19.0. The van der Waals surface area contributed by atoms with Gasteiger partial charge in [-0.15, -0.1) is 11.8 Å². The predicted octanol–water partition coefficient (Wildman–Crippen LogP) is 3.59. The Bertz CT molecular complexity index is 856. The Balaban J connectivity index is 1.23. The Kier molecular flexibility index (Phi) is 5.03. The molecule has 0 saturated carbocycles. The van der Waals surface area contributed by atoms with Crippen LogP contribution in [0, 0.1) is 0 Å². The van der Waals surface area contributed by atoms with E-state index in [-0.39, 0.29) is 5.91 Å². The van der Waals surface area contributed by atoms with Crippen molar-refractivity contribution in [2.24, 2.45) is 0 Å². The first-order valence-corrected chi connectivity index (χ1v) is 11.4. The van der Waals surface area contributed by atoms with Crippen LogP contribution in [0.4, 0.5) is 5.69 Å². The topological polar surface area (TPSA) is 35.6 Å². The number of nitrogens with zero attached hydrogens (tertiary/aromatic N) is 2. The summed E-state index contributed by atoms with van der Waals surface area (Å²) in [5.41, 5.74) is 3.82. The summed E-state index contributed by atoms with van der Waals surface area (Å²) in [7, 11) is 0. The molecule has 3 aliphatic heterocycles. The molecule has 2 atom stereocenters. The standard InChI is InChI=1S/C23H27N3OS/c27-23(17-6-2-1-3-7-17)24-11-14-25-13-10-20-19(16-25)18-8-4-9-21-22(18)26(20)12-5-15-28-21/h1-4,6-9,19-20H,5,10-16H2,(H,24,27)/t19-,20-/m1/s1. The van der Waals surface area contributed by atoms with Crippen LogP contribution in [-0.2, 0) is 0 Å². The van der Waals surface area contributed by atoms with Crippen molar-refractivity contribution in [2.75, 3.05) is 43.4 Å². The first kappa shape index (κ1) is 18.1. The van der Waals surface area contributed by atoms with Crippen LogP contribution in [0.2, 0.25) is 0 Å². The number of fused-ring (bicyclic) bond motifs is 3. The number of hydrogen-bond donors (Lipinski definition) is 1. The maximum atomic E-state index is 12.3. The van der Waals surface area contributed by atoms with Gasteiger partial charge in [-0.25, -0.2) is 0 Å². The Morgan fingerprint density at radius 3 is 2.89 bits per heavy atom. The van der Waals surface area contributed by atoms with E-state index in [9.17, 15) is 4.79 Å². The van der Waals surface area contributed by atoms with Gasteiger partial charge in [-0.3, -0.25) is 4.79 Å². The van der Waals surface area contributed by atoms with Crippen LogP contribution in [0.1, 0.15) is 34.7 Å². The van der Waals surface area contributed by atoms with E-state index in [0.717, 1.165) is 25.2 Å². The van der Waals surface area contributed by atoms with Crippen LogP contribution in [0.15, 0.2) is 53.4 Å². The molecule has 146 valence electrons. The second-order valence-electron chi connectivity index (χ2n) is 7.97. The molecule has 0 radical (unpaired) electrons. The summed E-state index contributed by atoms with van der Waals surface area (Å²) in [5.74, 6) is 1.86. The van der Waals surface area contributed by atoms with E-state index < -0.39 is 0 Å². The van der Waals surface area contributed by atoms with Crippen LogP contribution in [0.5, 0.6) is 0 Å². The second-order valence-corrected chi connectivity index (χ2v) is 9.11. The maximum absolute atomic E-state index is 12.3. The van der Waals surface area contributed by atoms with E-state index in [1.165, 1.54) is 35.7 Å². The average Bonchev–Trinajstić information content (AvgIpc) is 2.90. The molecule has 0 aliphatic carbocycles. The Morgan fingerprint density at radius 1 is 1.11 bits per heavy atom. The van der Waals surface area contributed by atoms with Crippen molar-refractivity contribution in [3.05, 3.63) is 59.7 Å². The zero-order chi connectivity index (χ0) is 18.9. The molecule has 1 saturated heterocycles. The normalized spacial score (nSPS) is 23.6. The van der Waals surface area contributed by atoms with Crippen LogP contribution in [0.3, 0.4) is 0 Å². The fourth-order valence-corrected chi connectivity index (χ4v) is 6.07. The third-order valence-corrected chi connectivity index (χ3v) is 7.46. The smallest absolute Gasteiger partial charge is 0.251 e. The molecule has 2 aromatic carbocycles. The number of nitrogens with one attached hydrogen (secondary N) is 1. The second kappa shape index (κ2) is 7.80. The van der Waals surface area contributed by atoms with E-state index in [0.29, 0.717) is 18.5 Å². The molecule has 0 spiro atoms.